The normalized spacial score (nSPS) is 19.5. The van der Waals surface area contributed by atoms with Crippen molar-refractivity contribution in [2.45, 2.75) is 12.5 Å². The van der Waals surface area contributed by atoms with Crippen molar-refractivity contribution in [1.29, 1.82) is 0 Å². The highest BCUT2D eigenvalue weighted by molar-refractivity contribution is 5.86. The fourth-order valence-electron chi connectivity index (χ4n) is 3.85. The van der Waals surface area contributed by atoms with E-state index in [0.717, 1.165) is 17.3 Å². The zero-order chi connectivity index (χ0) is 19.1. The van der Waals surface area contributed by atoms with Crippen LogP contribution in [0.1, 0.15) is 5.56 Å². The van der Waals surface area contributed by atoms with Crippen LogP contribution in [-0.4, -0.2) is 44.0 Å². The first-order chi connectivity index (χ1) is 13.7. The Balaban J connectivity index is 1.41. The number of fused-ring (bicyclic) bond motifs is 2. The zero-order valence-electron chi connectivity index (χ0n) is 15.5. The predicted molar refractivity (Wildman–Crippen MR) is 108 cm³/mol. The Labute approximate surface area is 161 Å². The number of pyridine rings is 1. The second-order valence-corrected chi connectivity index (χ2v) is 7.18. The summed E-state index contributed by atoms with van der Waals surface area (Å²) in [6, 6.07) is 10.4. The third-order valence-electron chi connectivity index (χ3n) is 5.36. The molecule has 0 amide bonds. The molecule has 0 spiro atoms. The van der Waals surface area contributed by atoms with E-state index in [1.165, 1.54) is 10.9 Å². The lowest BCUT2D eigenvalue weighted by molar-refractivity contribution is 0.185. The van der Waals surface area contributed by atoms with Gasteiger partial charge >= 0.3 is 0 Å². The Morgan fingerprint density at radius 3 is 3.00 bits per heavy atom. The second-order valence-electron chi connectivity index (χ2n) is 7.18. The average molecular weight is 375 g/mol. The number of nitrogens with zero attached hydrogens (tertiary/aromatic N) is 5. The molecular weight excluding hydrogens is 354 g/mol. The molecule has 28 heavy (non-hydrogen) atoms. The number of hydrogen-bond donors (Lipinski definition) is 2. The van der Waals surface area contributed by atoms with Gasteiger partial charge in [0.25, 0.3) is 0 Å². The van der Waals surface area contributed by atoms with Crippen LogP contribution in [0.25, 0.3) is 21.9 Å². The quantitative estimate of drug-likeness (QED) is 0.563. The van der Waals surface area contributed by atoms with Gasteiger partial charge in [-0.3, -0.25) is 9.67 Å². The zero-order valence-corrected chi connectivity index (χ0v) is 15.5. The number of para-hydroxylation sites is 1. The predicted octanol–water partition coefficient (Wildman–Crippen LogP) is 2.16. The van der Waals surface area contributed by atoms with Gasteiger partial charge in [0, 0.05) is 24.5 Å². The molecule has 1 aromatic carbocycles. The molecule has 1 aliphatic rings. The van der Waals surface area contributed by atoms with Crippen molar-refractivity contribution in [2.24, 2.45) is 13.0 Å². The number of hydrogen-bond acceptors (Lipinski definition) is 7. The third-order valence-corrected chi connectivity index (χ3v) is 5.36. The summed E-state index contributed by atoms with van der Waals surface area (Å²) in [6.45, 7) is 1.30. The summed E-state index contributed by atoms with van der Waals surface area (Å²) >= 11 is 0. The van der Waals surface area contributed by atoms with Gasteiger partial charge in [-0.2, -0.15) is 15.1 Å². The molecule has 4 aromatic rings. The summed E-state index contributed by atoms with van der Waals surface area (Å²) in [6.07, 6.45) is 4.45. The molecule has 0 radical (unpaired) electrons. The van der Waals surface area contributed by atoms with E-state index in [9.17, 15) is 0 Å². The van der Waals surface area contributed by atoms with Crippen LogP contribution in [0.3, 0.4) is 0 Å². The van der Waals surface area contributed by atoms with Gasteiger partial charge in [0.2, 0.25) is 5.95 Å². The minimum Gasteiger partial charge on any atom is -0.383 e. The number of nitrogens with two attached hydrogens (primary N) is 1. The van der Waals surface area contributed by atoms with Crippen LogP contribution in [0.2, 0.25) is 0 Å². The van der Waals surface area contributed by atoms with E-state index < -0.39 is 0 Å². The second kappa shape index (κ2) is 6.72. The van der Waals surface area contributed by atoms with Crippen molar-refractivity contribution in [1.82, 2.24) is 24.7 Å². The molecule has 1 fully saturated rings. The first-order valence-corrected chi connectivity index (χ1v) is 9.31. The molecule has 1 saturated heterocycles. The van der Waals surface area contributed by atoms with E-state index in [4.69, 9.17) is 10.5 Å². The maximum atomic E-state index is 6.08. The Hall–Kier alpha value is -3.26. The van der Waals surface area contributed by atoms with Gasteiger partial charge < -0.3 is 15.8 Å². The molecule has 0 bridgehead atoms. The Bertz CT molecular complexity index is 1150. The lowest BCUT2D eigenvalue weighted by Gasteiger charge is -2.20. The van der Waals surface area contributed by atoms with Gasteiger partial charge in [-0.05, 0) is 24.1 Å². The van der Waals surface area contributed by atoms with Crippen LogP contribution < -0.4 is 11.1 Å². The molecule has 3 aromatic heterocycles. The van der Waals surface area contributed by atoms with Crippen LogP contribution in [0.4, 0.5) is 11.8 Å². The lowest BCUT2D eigenvalue weighted by Crippen LogP contribution is -2.30. The average Bonchev–Trinajstić information content (AvgIpc) is 3.29. The highest BCUT2D eigenvalue weighted by Gasteiger charge is 2.29. The molecule has 8 nitrogen and oxygen atoms in total. The minimum atomic E-state index is 0.108. The maximum absolute atomic E-state index is 6.08. The number of aromatic nitrogens is 5. The van der Waals surface area contributed by atoms with Crippen LogP contribution in [-0.2, 0) is 18.2 Å². The number of anilines is 2. The van der Waals surface area contributed by atoms with Crippen molar-refractivity contribution in [3.05, 3.63) is 48.3 Å². The van der Waals surface area contributed by atoms with E-state index in [1.54, 1.807) is 10.9 Å². The first-order valence-electron chi connectivity index (χ1n) is 9.31. The number of aryl methyl sites for hydroxylation is 1. The minimum absolute atomic E-state index is 0.108. The van der Waals surface area contributed by atoms with Crippen LogP contribution in [0.15, 0.2) is 42.7 Å². The molecule has 8 heteroatoms. The van der Waals surface area contributed by atoms with E-state index in [1.807, 2.05) is 31.4 Å². The molecular formula is C20H21N7O. The number of nitrogens with one attached hydrogen (secondary N) is 1. The smallest absolute Gasteiger partial charge is 0.227 e. The molecule has 2 atom stereocenters. The van der Waals surface area contributed by atoms with Crippen molar-refractivity contribution >= 4 is 33.7 Å². The van der Waals surface area contributed by atoms with Crippen molar-refractivity contribution in [2.75, 3.05) is 24.3 Å². The van der Waals surface area contributed by atoms with Crippen LogP contribution >= 0.6 is 0 Å². The number of benzene rings is 1. The van der Waals surface area contributed by atoms with Gasteiger partial charge in [-0.1, -0.05) is 18.2 Å². The molecule has 1 aliphatic heterocycles. The summed E-state index contributed by atoms with van der Waals surface area (Å²) in [5, 5.41) is 9.58. The number of ether oxygens (including phenoxy) is 1. The van der Waals surface area contributed by atoms with E-state index in [-0.39, 0.29) is 6.04 Å². The fourth-order valence-corrected chi connectivity index (χ4v) is 3.85. The number of nitrogen functional groups attached to an aromatic ring is 1. The van der Waals surface area contributed by atoms with Crippen LogP contribution in [0.5, 0.6) is 0 Å². The standard InChI is InChI=1S/C20H21N7O/c1-27-19-15(9-23-27)18(21)25-20(26-19)24-17-11-28-10-13(17)8-12-6-7-22-16-5-3-2-4-14(12)16/h2-7,9,13,17H,8,10-11H2,1H3,(H3,21,24,25,26)/t13-,17-/m1/s1. The number of rotatable bonds is 4. The van der Waals surface area contributed by atoms with Crippen molar-refractivity contribution < 1.29 is 4.74 Å². The van der Waals surface area contributed by atoms with Gasteiger partial charge in [0.15, 0.2) is 5.65 Å². The van der Waals surface area contributed by atoms with Crippen LogP contribution in [0, 0.1) is 5.92 Å². The third kappa shape index (κ3) is 2.91. The highest BCUT2D eigenvalue weighted by Crippen LogP contribution is 2.26. The van der Waals surface area contributed by atoms with Gasteiger partial charge in [0.05, 0.1) is 36.4 Å². The summed E-state index contributed by atoms with van der Waals surface area (Å²) in [7, 11) is 1.84. The summed E-state index contributed by atoms with van der Waals surface area (Å²) in [5.74, 6) is 1.24. The molecule has 3 N–H and O–H groups in total. The summed E-state index contributed by atoms with van der Waals surface area (Å²) in [5.41, 5.74) is 9.08. The first kappa shape index (κ1) is 16.9. The molecule has 142 valence electrons. The van der Waals surface area contributed by atoms with E-state index in [0.29, 0.717) is 36.5 Å². The Morgan fingerprint density at radius 1 is 1.18 bits per heavy atom. The molecule has 0 unspecified atom stereocenters. The Morgan fingerprint density at radius 2 is 2.07 bits per heavy atom. The molecule has 5 rings (SSSR count). The summed E-state index contributed by atoms with van der Waals surface area (Å²) < 4.78 is 7.47. The summed E-state index contributed by atoms with van der Waals surface area (Å²) in [4.78, 5) is 13.4. The van der Waals surface area contributed by atoms with E-state index in [2.05, 4.69) is 37.5 Å². The fraction of sp³-hybridized carbons (Fsp3) is 0.300. The maximum Gasteiger partial charge on any atom is 0.227 e. The lowest BCUT2D eigenvalue weighted by atomic mass is 9.93. The van der Waals surface area contributed by atoms with Gasteiger partial charge in [-0.25, -0.2) is 0 Å². The van der Waals surface area contributed by atoms with Crippen molar-refractivity contribution in [3.8, 4) is 0 Å². The molecule has 4 heterocycles. The largest absolute Gasteiger partial charge is 0.383 e. The van der Waals surface area contributed by atoms with Gasteiger partial charge in [0.1, 0.15) is 5.82 Å². The van der Waals surface area contributed by atoms with Gasteiger partial charge in [-0.15, -0.1) is 0 Å². The van der Waals surface area contributed by atoms with Crippen molar-refractivity contribution in [3.63, 3.8) is 0 Å². The molecule has 0 saturated carbocycles. The highest BCUT2D eigenvalue weighted by atomic mass is 16.5. The van der Waals surface area contributed by atoms with E-state index >= 15 is 0 Å². The monoisotopic (exact) mass is 375 g/mol. The topological polar surface area (TPSA) is 104 Å². The SMILES string of the molecule is Cn1ncc2c(N)nc(N[C@@H]3COC[C@H]3Cc3ccnc4ccccc34)nc21. The Kier molecular flexibility index (Phi) is 4.05. The molecule has 0 aliphatic carbocycles.